The number of rotatable bonds is 4. The van der Waals surface area contributed by atoms with Crippen LogP contribution in [-0.4, -0.2) is 10.4 Å². The minimum Gasteiger partial charge on any atom is -0.384 e. The Kier molecular flexibility index (Phi) is 4.21. The summed E-state index contributed by atoms with van der Waals surface area (Å²) in [5, 5.41) is 7.49. The van der Waals surface area contributed by atoms with E-state index in [1.54, 1.807) is 28.8 Å². The van der Waals surface area contributed by atoms with Crippen LogP contribution in [-0.2, 0) is 0 Å². The van der Waals surface area contributed by atoms with Crippen LogP contribution < -0.4 is 11.3 Å². The molecule has 5 heteroatoms. The first kappa shape index (κ1) is 15.0. The van der Waals surface area contributed by atoms with E-state index in [9.17, 15) is 9.18 Å². The Balaban J connectivity index is 2.71. The second kappa shape index (κ2) is 5.91. The molecule has 110 valence electrons. The molecule has 0 fully saturated rings. The average Bonchev–Trinajstić information content (AvgIpc) is 2.46. The van der Waals surface area contributed by atoms with Gasteiger partial charge in [-0.2, -0.15) is 0 Å². The molecule has 0 radical (unpaired) electrons. The molecule has 0 amide bonds. The van der Waals surface area contributed by atoms with Crippen LogP contribution >= 0.6 is 0 Å². The van der Waals surface area contributed by atoms with Crippen molar-refractivity contribution in [1.29, 1.82) is 5.41 Å². The predicted octanol–water partition coefficient (Wildman–Crippen LogP) is 2.91. The summed E-state index contributed by atoms with van der Waals surface area (Å²) in [6, 6.07) is 9.24. The van der Waals surface area contributed by atoms with Crippen LogP contribution in [0.1, 0.15) is 31.9 Å². The Bertz CT molecular complexity index is 719. The van der Waals surface area contributed by atoms with Crippen molar-refractivity contribution >= 4 is 5.84 Å². The average molecular weight is 287 g/mol. The first-order valence-electron chi connectivity index (χ1n) is 6.81. The third kappa shape index (κ3) is 2.86. The zero-order valence-corrected chi connectivity index (χ0v) is 12.1. The second-order valence-corrected chi connectivity index (χ2v) is 4.99. The minimum absolute atomic E-state index is 0.0446. The molecule has 1 unspecified atom stereocenters. The third-order valence-corrected chi connectivity index (χ3v) is 3.58. The summed E-state index contributed by atoms with van der Waals surface area (Å²) in [6.07, 6.45) is 0.759. The second-order valence-electron chi connectivity index (χ2n) is 4.99. The minimum atomic E-state index is -0.323. The van der Waals surface area contributed by atoms with Crippen molar-refractivity contribution in [3.8, 4) is 11.3 Å². The fourth-order valence-corrected chi connectivity index (χ4v) is 2.23. The maximum atomic E-state index is 13.1. The standard InChI is InChI=1S/C16H18FN3O/c1-3-10(2)20-14(11-4-6-12(17)7-5-11)9-8-13(15(18)19)16(20)21/h4-10H,3H2,1-2H3,(H3,18,19). The van der Waals surface area contributed by atoms with Gasteiger partial charge in [-0.15, -0.1) is 0 Å². The van der Waals surface area contributed by atoms with Crippen molar-refractivity contribution in [2.45, 2.75) is 26.3 Å². The maximum absolute atomic E-state index is 13.1. The van der Waals surface area contributed by atoms with Crippen LogP contribution in [0.15, 0.2) is 41.2 Å². The summed E-state index contributed by atoms with van der Waals surface area (Å²) in [5.41, 5.74) is 6.79. The summed E-state index contributed by atoms with van der Waals surface area (Å²) < 4.78 is 14.7. The largest absolute Gasteiger partial charge is 0.384 e. The molecule has 4 nitrogen and oxygen atoms in total. The number of nitrogens with zero attached hydrogens (tertiary/aromatic N) is 1. The Hall–Kier alpha value is -2.43. The summed E-state index contributed by atoms with van der Waals surface area (Å²) in [4.78, 5) is 12.5. The van der Waals surface area contributed by atoms with E-state index in [2.05, 4.69) is 0 Å². The molecule has 21 heavy (non-hydrogen) atoms. The number of hydrogen-bond acceptors (Lipinski definition) is 2. The van der Waals surface area contributed by atoms with Crippen molar-refractivity contribution < 1.29 is 4.39 Å². The van der Waals surface area contributed by atoms with Gasteiger partial charge in [-0.1, -0.05) is 6.92 Å². The van der Waals surface area contributed by atoms with Crippen molar-refractivity contribution in [2.24, 2.45) is 5.73 Å². The maximum Gasteiger partial charge on any atom is 0.262 e. The van der Waals surface area contributed by atoms with Crippen molar-refractivity contribution in [2.75, 3.05) is 0 Å². The van der Waals surface area contributed by atoms with Gasteiger partial charge in [-0.05, 0) is 55.3 Å². The molecule has 2 rings (SSSR count). The van der Waals surface area contributed by atoms with E-state index < -0.39 is 0 Å². The molecule has 0 bridgehead atoms. The number of amidine groups is 1. The van der Waals surface area contributed by atoms with Crippen LogP contribution in [0.3, 0.4) is 0 Å². The highest BCUT2D eigenvalue weighted by atomic mass is 19.1. The van der Waals surface area contributed by atoms with E-state index in [4.69, 9.17) is 11.1 Å². The number of pyridine rings is 1. The van der Waals surface area contributed by atoms with Gasteiger partial charge in [0.1, 0.15) is 11.7 Å². The topological polar surface area (TPSA) is 71.9 Å². The molecular formula is C16H18FN3O. The van der Waals surface area contributed by atoms with Gasteiger partial charge in [-0.25, -0.2) is 4.39 Å². The van der Waals surface area contributed by atoms with Crippen molar-refractivity contribution in [3.63, 3.8) is 0 Å². The number of halogens is 1. The normalized spacial score (nSPS) is 12.1. The van der Waals surface area contributed by atoms with Gasteiger partial charge in [0, 0.05) is 6.04 Å². The smallest absolute Gasteiger partial charge is 0.262 e. The number of nitrogens with two attached hydrogens (primary N) is 1. The molecule has 0 saturated carbocycles. The summed E-state index contributed by atoms with van der Waals surface area (Å²) in [6.45, 7) is 3.91. The van der Waals surface area contributed by atoms with Gasteiger partial charge < -0.3 is 10.3 Å². The summed E-state index contributed by atoms with van der Waals surface area (Å²) in [7, 11) is 0. The number of nitrogens with one attached hydrogen (secondary N) is 1. The molecule has 1 aromatic heterocycles. The third-order valence-electron chi connectivity index (χ3n) is 3.58. The predicted molar refractivity (Wildman–Crippen MR) is 82.1 cm³/mol. The lowest BCUT2D eigenvalue weighted by Crippen LogP contribution is -2.32. The van der Waals surface area contributed by atoms with E-state index in [-0.39, 0.29) is 28.8 Å². The Morgan fingerprint density at radius 3 is 2.43 bits per heavy atom. The Labute approximate surface area is 122 Å². The first-order valence-corrected chi connectivity index (χ1v) is 6.81. The molecule has 0 spiro atoms. The van der Waals surface area contributed by atoms with Crippen molar-refractivity contribution in [3.05, 3.63) is 58.1 Å². The SMILES string of the molecule is CCC(C)n1c(-c2ccc(F)cc2)ccc(C(=N)N)c1=O. The van der Waals surface area contributed by atoms with Gasteiger partial charge >= 0.3 is 0 Å². The first-order chi connectivity index (χ1) is 9.95. The molecule has 3 N–H and O–H groups in total. The van der Waals surface area contributed by atoms with Gasteiger partial charge in [0.15, 0.2) is 0 Å². The van der Waals surface area contributed by atoms with Gasteiger partial charge in [0.05, 0.1) is 11.3 Å². The van der Waals surface area contributed by atoms with Crippen LogP contribution in [0.4, 0.5) is 4.39 Å². The van der Waals surface area contributed by atoms with E-state index >= 15 is 0 Å². The van der Waals surface area contributed by atoms with E-state index in [1.807, 2.05) is 13.8 Å². The van der Waals surface area contributed by atoms with Gasteiger partial charge in [0.25, 0.3) is 5.56 Å². The summed E-state index contributed by atoms with van der Waals surface area (Å²) in [5.74, 6) is -0.570. The summed E-state index contributed by atoms with van der Waals surface area (Å²) >= 11 is 0. The van der Waals surface area contributed by atoms with Crippen LogP contribution in [0.2, 0.25) is 0 Å². The highest BCUT2D eigenvalue weighted by molar-refractivity contribution is 5.94. The fraction of sp³-hybridized carbons (Fsp3) is 0.250. The quantitative estimate of drug-likeness (QED) is 0.670. The molecule has 0 saturated heterocycles. The molecule has 1 heterocycles. The lowest BCUT2D eigenvalue weighted by atomic mass is 10.1. The highest BCUT2D eigenvalue weighted by Gasteiger charge is 2.15. The van der Waals surface area contributed by atoms with E-state index in [0.29, 0.717) is 5.69 Å². The molecule has 0 aliphatic rings. The van der Waals surface area contributed by atoms with Gasteiger partial charge in [0.2, 0.25) is 0 Å². The van der Waals surface area contributed by atoms with Crippen LogP contribution in [0, 0.1) is 11.2 Å². The van der Waals surface area contributed by atoms with Crippen LogP contribution in [0.5, 0.6) is 0 Å². The highest BCUT2D eigenvalue weighted by Crippen LogP contribution is 2.23. The van der Waals surface area contributed by atoms with Gasteiger partial charge in [-0.3, -0.25) is 10.2 Å². The molecular weight excluding hydrogens is 269 g/mol. The molecule has 1 atom stereocenters. The lowest BCUT2D eigenvalue weighted by Gasteiger charge is -2.19. The monoisotopic (exact) mass is 287 g/mol. The molecule has 0 aliphatic carbocycles. The Morgan fingerprint density at radius 1 is 1.29 bits per heavy atom. The van der Waals surface area contributed by atoms with Crippen molar-refractivity contribution in [1.82, 2.24) is 4.57 Å². The lowest BCUT2D eigenvalue weighted by molar-refractivity contribution is 0.519. The Morgan fingerprint density at radius 2 is 1.90 bits per heavy atom. The zero-order valence-electron chi connectivity index (χ0n) is 12.1. The van der Waals surface area contributed by atoms with E-state index in [1.165, 1.54) is 12.1 Å². The molecule has 2 aromatic rings. The number of nitrogen functional groups attached to an aromatic ring is 1. The van der Waals surface area contributed by atoms with E-state index in [0.717, 1.165) is 12.0 Å². The number of hydrogen-bond donors (Lipinski definition) is 2. The number of aromatic nitrogens is 1. The number of benzene rings is 1. The van der Waals surface area contributed by atoms with Crippen LogP contribution in [0.25, 0.3) is 11.3 Å². The fourth-order valence-electron chi connectivity index (χ4n) is 2.23. The molecule has 1 aromatic carbocycles. The molecule has 0 aliphatic heterocycles. The zero-order chi connectivity index (χ0) is 15.6.